The molecule has 0 bridgehead atoms. The molecule has 0 saturated heterocycles. The molecule has 1 aromatic heterocycles. The molecule has 0 amide bonds. The predicted octanol–water partition coefficient (Wildman–Crippen LogP) is 4.65. The first-order valence-electron chi connectivity index (χ1n) is 6.95. The molecular formula is C16H20ClN3O. The smallest absolute Gasteiger partial charge is 0.243 e. The second-order valence-corrected chi connectivity index (χ2v) is 5.87. The fourth-order valence-corrected chi connectivity index (χ4v) is 1.96. The van der Waals surface area contributed by atoms with Crippen LogP contribution in [-0.2, 0) is 5.41 Å². The number of rotatable bonds is 5. The van der Waals surface area contributed by atoms with Gasteiger partial charge in [0.15, 0.2) is 0 Å². The van der Waals surface area contributed by atoms with E-state index in [1.165, 1.54) is 11.8 Å². The summed E-state index contributed by atoms with van der Waals surface area (Å²) >= 11 is 6.05. The first kappa shape index (κ1) is 15.6. The summed E-state index contributed by atoms with van der Waals surface area (Å²) < 4.78 is 5.73. The van der Waals surface area contributed by atoms with Crippen molar-refractivity contribution in [2.24, 2.45) is 0 Å². The molecule has 0 atom stereocenters. The molecule has 0 aliphatic rings. The third-order valence-electron chi connectivity index (χ3n) is 3.67. The summed E-state index contributed by atoms with van der Waals surface area (Å²) in [5.74, 6) is 1.52. The summed E-state index contributed by atoms with van der Waals surface area (Å²) in [5, 5.41) is 3.24. The van der Waals surface area contributed by atoms with Gasteiger partial charge in [-0.2, -0.15) is 4.98 Å². The van der Waals surface area contributed by atoms with E-state index in [0.717, 1.165) is 6.42 Å². The molecular weight excluding hydrogens is 286 g/mol. The minimum absolute atomic E-state index is 0.157. The zero-order valence-corrected chi connectivity index (χ0v) is 13.5. The zero-order valence-electron chi connectivity index (χ0n) is 12.8. The Hall–Kier alpha value is -1.81. The van der Waals surface area contributed by atoms with Gasteiger partial charge in [-0.05, 0) is 29.5 Å². The Morgan fingerprint density at radius 2 is 1.90 bits per heavy atom. The van der Waals surface area contributed by atoms with E-state index in [1.807, 2.05) is 12.1 Å². The van der Waals surface area contributed by atoms with Gasteiger partial charge in [-0.15, -0.1) is 0 Å². The molecule has 5 heteroatoms. The summed E-state index contributed by atoms with van der Waals surface area (Å²) in [6.45, 7) is 6.64. The number of hydrogen-bond donors (Lipinski definition) is 1. The van der Waals surface area contributed by atoms with Crippen LogP contribution in [0.2, 0.25) is 5.02 Å². The SMILES string of the molecule is CCC(C)(C)c1ccc(Oc2nc(NC)ncc2Cl)cc1. The van der Waals surface area contributed by atoms with Crippen LogP contribution in [0.5, 0.6) is 11.6 Å². The molecule has 1 heterocycles. The van der Waals surface area contributed by atoms with Crippen molar-refractivity contribution in [2.45, 2.75) is 32.6 Å². The highest BCUT2D eigenvalue weighted by atomic mass is 35.5. The van der Waals surface area contributed by atoms with Crippen molar-refractivity contribution in [3.63, 3.8) is 0 Å². The normalized spacial score (nSPS) is 11.3. The Morgan fingerprint density at radius 3 is 2.48 bits per heavy atom. The maximum atomic E-state index is 6.05. The standard InChI is InChI=1S/C16H20ClN3O/c1-5-16(2,3)11-6-8-12(9-7-11)21-14-13(17)10-19-15(18-4)20-14/h6-10H,5H2,1-4H3,(H,18,19,20). The largest absolute Gasteiger partial charge is 0.437 e. The molecule has 0 unspecified atom stereocenters. The van der Waals surface area contributed by atoms with Crippen molar-refractivity contribution >= 4 is 17.5 Å². The van der Waals surface area contributed by atoms with Gasteiger partial charge in [0.2, 0.25) is 11.8 Å². The monoisotopic (exact) mass is 305 g/mol. The van der Waals surface area contributed by atoms with Gasteiger partial charge < -0.3 is 10.1 Å². The number of halogens is 1. The van der Waals surface area contributed by atoms with E-state index in [-0.39, 0.29) is 5.41 Å². The molecule has 0 saturated carbocycles. The van der Waals surface area contributed by atoms with Gasteiger partial charge in [0.05, 0.1) is 6.20 Å². The number of ether oxygens (including phenoxy) is 1. The maximum absolute atomic E-state index is 6.05. The number of hydrogen-bond acceptors (Lipinski definition) is 4. The molecule has 112 valence electrons. The molecule has 0 spiro atoms. The molecule has 0 aliphatic heterocycles. The highest BCUT2D eigenvalue weighted by molar-refractivity contribution is 6.31. The Bertz CT molecular complexity index is 611. The molecule has 2 rings (SSSR count). The summed E-state index contributed by atoms with van der Waals surface area (Å²) in [6.07, 6.45) is 2.60. The Balaban J connectivity index is 2.21. The van der Waals surface area contributed by atoms with Crippen LogP contribution in [0.3, 0.4) is 0 Å². The van der Waals surface area contributed by atoms with E-state index in [0.29, 0.717) is 22.6 Å². The molecule has 2 aromatic rings. The van der Waals surface area contributed by atoms with Gasteiger partial charge >= 0.3 is 0 Å². The highest BCUT2D eigenvalue weighted by Gasteiger charge is 2.17. The molecule has 4 nitrogen and oxygen atoms in total. The van der Waals surface area contributed by atoms with Crippen LogP contribution in [0.4, 0.5) is 5.95 Å². The maximum Gasteiger partial charge on any atom is 0.243 e. The van der Waals surface area contributed by atoms with Crippen LogP contribution >= 0.6 is 11.6 Å². The van der Waals surface area contributed by atoms with Gasteiger partial charge in [0.1, 0.15) is 10.8 Å². The van der Waals surface area contributed by atoms with Crippen molar-refractivity contribution in [3.05, 3.63) is 41.0 Å². The van der Waals surface area contributed by atoms with Crippen molar-refractivity contribution in [3.8, 4) is 11.6 Å². The first-order chi connectivity index (χ1) is 9.96. The van der Waals surface area contributed by atoms with E-state index in [4.69, 9.17) is 16.3 Å². The Morgan fingerprint density at radius 1 is 1.24 bits per heavy atom. The lowest BCUT2D eigenvalue weighted by Crippen LogP contribution is -2.14. The average Bonchev–Trinajstić information content (AvgIpc) is 2.50. The van der Waals surface area contributed by atoms with Crippen LogP contribution in [0.1, 0.15) is 32.8 Å². The van der Waals surface area contributed by atoms with Crippen molar-refractivity contribution < 1.29 is 4.74 Å². The Labute approximate surface area is 130 Å². The predicted molar refractivity (Wildman–Crippen MR) is 86.4 cm³/mol. The van der Waals surface area contributed by atoms with Gasteiger partial charge in [0, 0.05) is 7.05 Å². The lowest BCUT2D eigenvalue weighted by Gasteiger charge is -2.23. The van der Waals surface area contributed by atoms with E-state index in [1.54, 1.807) is 7.05 Å². The molecule has 0 radical (unpaired) electrons. The van der Waals surface area contributed by atoms with E-state index in [9.17, 15) is 0 Å². The minimum atomic E-state index is 0.157. The van der Waals surface area contributed by atoms with Crippen LogP contribution in [0.25, 0.3) is 0 Å². The van der Waals surface area contributed by atoms with E-state index in [2.05, 4.69) is 48.2 Å². The summed E-state index contributed by atoms with van der Waals surface area (Å²) in [5.41, 5.74) is 1.44. The molecule has 1 N–H and O–H groups in total. The number of nitrogens with zero attached hydrogens (tertiary/aromatic N) is 2. The topological polar surface area (TPSA) is 47.0 Å². The quantitative estimate of drug-likeness (QED) is 0.873. The fourth-order valence-electron chi connectivity index (χ4n) is 1.83. The molecule has 0 aliphatic carbocycles. The lowest BCUT2D eigenvalue weighted by atomic mass is 9.82. The number of anilines is 1. The van der Waals surface area contributed by atoms with E-state index < -0.39 is 0 Å². The van der Waals surface area contributed by atoms with Crippen LogP contribution < -0.4 is 10.1 Å². The Kier molecular flexibility index (Phi) is 4.68. The second-order valence-electron chi connectivity index (χ2n) is 5.46. The van der Waals surface area contributed by atoms with E-state index >= 15 is 0 Å². The van der Waals surface area contributed by atoms with Gasteiger partial charge in [-0.3, -0.25) is 0 Å². The molecule has 21 heavy (non-hydrogen) atoms. The van der Waals surface area contributed by atoms with Crippen molar-refractivity contribution in [1.29, 1.82) is 0 Å². The number of aromatic nitrogens is 2. The van der Waals surface area contributed by atoms with Crippen LogP contribution in [0.15, 0.2) is 30.5 Å². The van der Waals surface area contributed by atoms with Gasteiger partial charge in [-0.1, -0.05) is 44.5 Å². The minimum Gasteiger partial charge on any atom is -0.437 e. The summed E-state index contributed by atoms with van der Waals surface area (Å²) in [7, 11) is 1.74. The van der Waals surface area contributed by atoms with Crippen molar-refractivity contribution in [1.82, 2.24) is 9.97 Å². The first-order valence-corrected chi connectivity index (χ1v) is 7.32. The summed E-state index contributed by atoms with van der Waals surface area (Å²) in [4.78, 5) is 8.22. The van der Waals surface area contributed by atoms with Crippen molar-refractivity contribution in [2.75, 3.05) is 12.4 Å². The number of nitrogens with one attached hydrogen (secondary N) is 1. The molecule has 1 aromatic carbocycles. The third kappa shape index (κ3) is 3.64. The van der Waals surface area contributed by atoms with Crippen LogP contribution in [0, 0.1) is 0 Å². The average molecular weight is 306 g/mol. The fraction of sp³-hybridized carbons (Fsp3) is 0.375. The highest BCUT2D eigenvalue weighted by Crippen LogP contribution is 2.31. The number of benzene rings is 1. The molecule has 0 fully saturated rings. The third-order valence-corrected chi connectivity index (χ3v) is 3.93. The van der Waals surface area contributed by atoms with Crippen LogP contribution in [-0.4, -0.2) is 17.0 Å². The lowest BCUT2D eigenvalue weighted by molar-refractivity contribution is 0.460. The zero-order chi connectivity index (χ0) is 15.5. The second kappa shape index (κ2) is 6.31. The van der Waals surface area contributed by atoms with Gasteiger partial charge in [0.25, 0.3) is 0 Å². The van der Waals surface area contributed by atoms with Gasteiger partial charge in [-0.25, -0.2) is 4.98 Å². The summed E-state index contributed by atoms with van der Waals surface area (Å²) in [6, 6.07) is 8.02.